The van der Waals surface area contributed by atoms with Crippen molar-refractivity contribution in [2.24, 2.45) is 5.84 Å². The zero-order valence-corrected chi connectivity index (χ0v) is 10.3. The van der Waals surface area contributed by atoms with Crippen LogP contribution in [-0.4, -0.2) is 11.7 Å². The lowest BCUT2D eigenvalue weighted by Gasteiger charge is -2.04. The van der Waals surface area contributed by atoms with Crippen LogP contribution in [0, 0.1) is 0 Å². The zero-order chi connectivity index (χ0) is 12.0. The maximum absolute atomic E-state index is 10.8. The van der Waals surface area contributed by atoms with Gasteiger partial charge in [0.25, 0.3) is 0 Å². The molecule has 5 N–H and O–H groups in total. The number of nitrogens with two attached hydrogens (primary N) is 2. The molecule has 4 nitrogen and oxygen atoms in total. The van der Waals surface area contributed by atoms with E-state index in [1.165, 1.54) is 0 Å². The highest BCUT2D eigenvalue weighted by atomic mass is 35.5. The maximum Gasteiger partial charge on any atom is 0.233 e. The summed E-state index contributed by atoms with van der Waals surface area (Å²) in [6.45, 7) is 0. The summed E-state index contributed by atoms with van der Waals surface area (Å²) >= 11 is 7.60. The summed E-state index contributed by atoms with van der Waals surface area (Å²) in [5.41, 5.74) is 8.32. The first kappa shape index (κ1) is 13.2. The Morgan fingerprint density at radius 1 is 1.50 bits per heavy atom. The number of amides is 1. The van der Waals surface area contributed by atoms with E-state index in [-0.39, 0.29) is 5.91 Å². The molecule has 6 heteroatoms. The molecule has 0 aliphatic carbocycles. The van der Waals surface area contributed by atoms with Crippen molar-refractivity contribution in [3.63, 3.8) is 0 Å². The summed E-state index contributed by atoms with van der Waals surface area (Å²) in [7, 11) is 0. The number of rotatable bonds is 5. The van der Waals surface area contributed by atoms with Crippen molar-refractivity contribution < 1.29 is 4.79 Å². The first-order valence-electron chi connectivity index (χ1n) is 4.80. The lowest BCUT2D eigenvalue weighted by Crippen LogP contribution is -2.29. The second kappa shape index (κ2) is 6.62. The average molecular weight is 260 g/mol. The number of nitrogens with one attached hydrogen (secondary N) is 1. The third-order valence-electron chi connectivity index (χ3n) is 1.92. The minimum Gasteiger partial charge on any atom is -0.399 e. The highest BCUT2D eigenvalue weighted by Crippen LogP contribution is 2.29. The van der Waals surface area contributed by atoms with Crippen LogP contribution in [0.4, 0.5) is 5.69 Å². The molecule has 0 saturated carbocycles. The first-order chi connectivity index (χ1) is 7.63. The van der Waals surface area contributed by atoms with Crippen LogP contribution in [0.3, 0.4) is 0 Å². The van der Waals surface area contributed by atoms with Crippen molar-refractivity contribution in [3.8, 4) is 0 Å². The van der Waals surface area contributed by atoms with Crippen LogP contribution in [0.1, 0.15) is 12.8 Å². The second-order valence-electron chi connectivity index (χ2n) is 3.21. The molecule has 1 aromatic carbocycles. The molecule has 0 heterocycles. The van der Waals surface area contributed by atoms with Crippen LogP contribution < -0.4 is 17.0 Å². The lowest BCUT2D eigenvalue weighted by atomic mass is 10.3. The zero-order valence-electron chi connectivity index (χ0n) is 8.70. The number of hydrogen-bond donors (Lipinski definition) is 3. The molecule has 0 saturated heterocycles. The van der Waals surface area contributed by atoms with E-state index < -0.39 is 0 Å². The number of hydrazine groups is 1. The van der Waals surface area contributed by atoms with Crippen LogP contribution in [0.5, 0.6) is 0 Å². The van der Waals surface area contributed by atoms with Crippen molar-refractivity contribution in [1.82, 2.24) is 5.43 Å². The van der Waals surface area contributed by atoms with E-state index in [1.807, 2.05) is 6.07 Å². The smallest absolute Gasteiger partial charge is 0.233 e. The van der Waals surface area contributed by atoms with Crippen molar-refractivity contribution in [2.75, 3.05) is 11.5 Å². The largest absolute Gasteiger partial charge is 0.399 e. The quantitative estimate of drug-likeness (QED) is 0.188. The number of anilines is 1. The highest BCUT2D eigenvalue weighted by molar-refractivity contribution is 7.99. The Bertz CT molecular complexity index is 373. The van der Waals surface area contributed by atoms with Crippen molar-refractivity contribution in [2.45, 2.75) is 17.7 Å². The standard InChI is InChI=1S/C10H14ClN3OS/c11-8-6-7(12)3-4-9(8)16-5-1-2-10(15)14-13/h3-4,6H,1-2,5,12-13H2,(H,14,15). The van der Waals surface area contributed by atoms with Gasteiger partial charge in [-0.1, -0.05) is 11.6 Å². The van der Waals surface area contributed by atoms with Crippen LogP contribution in [0.25, 0.3) is 0 Å². The SMILES string of the molecule is NNC(=O)CCCSc1ccc(N)cc1Cl. The minimum absolute atomic E-state index is 0.149. The van der Waals surface area contributed by atoms with Gasteiger partial charge in [-0.05, 0) is 30.4 Å². The van der Waals surface area contributed by atoms with Gasteiger partial charge >= 0.3 is 0 Å². The number of benzene rings is 1. The first-order valence-corrected chi connectivity index (χ1v) is 6.17. The summed E-state index contributed by atoms with van der Waals surface area (Å²) in [5.74, 6) is 5.63. The summed E-state index contributed by atoms with van der Waals surface area (Å²) in [6, 6.07) is 5.41. The average Bonchev–Trinajstić information content (AvgIpc) is 2.26. The summed E-state index contributed by atoms with van der Waals surface area (Å²) < 4.78 is 0. The monoisotopic (exact) mass is 259 g/mol. The number of nitrogen functional groups attached to an aromatic ring is 1. The van der Waals surface area contributed by atoms with Gasteiger partial charge in [0.05, 0.1) is 5.02 Å². The molecule has 0 radical (unpaired) electrons. The van der Waals surface area contributed by atoms with Gasteiger partial charge in [0.2, 0.25) is 5.91 Å². The number of carbonyl (C=O) groups is 1. The number of halogens is 1. The van der Waals surface area contributed by atoms with Crippen LogP contribution >= 0.6 is 23.4 Å². The second-order valence-corrected chi connectivity index (χ2v) is 4.75. The molecule has 0 atom stereocenters. The van der Waals surface area contributed by atoms with Crippen LogP contribution in [0.2, 0.25) is 5.02 Å². The molecular weight excluding hydrogens is 246 g/mol. The van der Waals surface area contributed by atoms with E-state index in [4.69, 9.17) is 23.2 Å². The van der Waals surface area contributed by atoms with Gasteiger partial charge in [-0.15, -0.1) is 11.8 Å². The molecule has 0 spiro atoms. The Morgan fingerprint density at radius 3 is 2.88 bits per heavy atom. The number of thioether (sulfide) groups is 1. The van der Waals surface area contributed by atoms with Crippen LogP contribution in [0.15, 0.2) is 23.1 Å². The molecule has 16 heavy (non-hydrogen) atoms. The van der Waals surface area contributed by atoms with E-state index in [9.17, 15) is 4.79 Å². The highest BCUT2D eigenvalue weighted by Gasteiger charge is 2.02. The van der Waals surface area contributed by atoms with Gasteiger partial charge in [-0.25, -0.2) is 5.84 Å². The molecule has 1 aromatic rings. The molecule has 1 rings (SSSR count). The van der Waals surface area contributed by atoms with Gasteiger partial charge in [-0.2, -0.15) is 0 Å². The van der Waals surface area contributed by atoms with Gasteiger partial charge in [0.1, 0.15) is 0 Å². The van der Waals surface area contributed by atoms with E-state index in [0.717, 1.165) is 17.1 Å². The summed E-state index contributed by atoms with van der Waals surface area (Å²) in [4.78, 5) is 11.8. The number of carbonyl (C=O) groups excluding carboxylic acids is 1. The Labute approximate surface area is 104 Å². The molecule has 0 fully saturated rings. The fourth-order valence-corrected chi connectivity index (χ4v) is 2.34. The normalized spacial score (nSPS) is 10.1. The Morgan fingerprint density at radius 2 is 2.25 bits per heavy atom. The molecule has 0 unspecified atom stereocenters. The number of hydrogen-bond acceptors (Lipinski definition) is 4. The predicted octanol–water partition coefficient (Wildman–Crippen LogP) is 1.78. The Kier molecular flexibility index (Phi) is 5.45. The molecule has 1 amide bonds. The third kappa shape index (κ3) is 4.30. The fourth-order valence-electron chi connectivity index (χ4n) is 1.12. The Hall–Kier alpha value is -0.910. The van der Waals surface area contributed by atoms with Crippen molar-refractivity contribution >= 4 is 35.0 Å². The third-order valence-corrected chi connectivity index (χ3v) is 3.51. The molecule has 0 aliphatic heterocycles. The van der Waals surface area contributed by atoms with Gasteiger partial charge in [-0.3, -0.25) is 10.2 Å². The van der Waals surface area contributed by atoms with E-state index in [2.05, 4.69) is 5.43 Å². The summed E-state index contributed by atoms with van der Waals surface area (Å²) in [6.07, 6.45) is 1.19. The van der Waals surface area contributed by atoms with E-state index >= 15 is 0 Å². The van der Waals surface area contributed by atoms with E-state index in [1.54, 1.807) is 23.9 Å². The maximum atomic E-state index is 10.8. The van der Waals surface area contributed by atoms with E-state index in [0.29, 0.717) is 17.1 Å². The van der Waals surface area contributed by atoms with Crippen LogP contribution in [-0.2, 0) is 4.79 Å². The molecule has 0 bridgehead atoms. The predicted molar refractivity (Wildman–Crippen MR) is 68.2 cm³/mol. The molecular formula is C10H14ClN3OS. The Balaban J connectivity index is 2.35. The lowest BCUT2D eigenvalue weighted by molar-refractivity contribution is -0.121. The molecule has 88 valence electrons. The topological polar surface area (TPSA) is 81.1 Å². The fraction of sp³-hybridized carbons (Fsp3) is 0.300. The minimum atomic E-state index is -0.149. The molecule has 0 aromatic heterocycles. The van der Waals surface area contributed by atoms with Crippen molar-refractivity contribution in [1.29, 1.82) is 0 Å². The molecule has 0 aliphatic rings. The van der Waals surface area contributed by atoms with Gasteiger partial charge in [0, 0.05) is 17.0 Å². The van der Waals surface area contributed by atoms with Crippen molar-refractivity contribution in [3.05, 3.63) is 23.2 Å². The van der Waals surface area contributed by atoms with Gasteiger partial charge < -0.3 is 5.73 Å². The summed E-state index contributed by atoms with van der Waals surface area (Å²) in [5, 5.41) is 0.647. The van der Waals surface area contributed by atoms with Gasteiger partial charge in [0.15, 0.2) is 0 Å².